The normalized spacial score (nSPS) is 18.8. The molecular formula is C35H41F6N5O3S. The van der Waals surface area contributed by atoms with Crippen molar-refractivity contribution in [2.75, 3.05) is 0 Å². The van der Waals surface area contributed by atoms with Gasteiger partial charge in [0.2, 0.25) is 17.7 Å². The molecule has 1 aliphatic carbocycles. The average Bonchev–Trinajstić information content (AvgIpc) is 3.42. The van der Waals surface area contributed by atoms with E-state index in [4.69, 9.17) is 18.0 Å². The number of rotatable bonds is 12. The lowest BCUT2D eigenvalue weighted by Gasteiger charge is -2.40. The number of nitrogens with two attached hydrogens (primary N) is 1. The van der Waals surface area contributed by atoms with Crippen LogP contribution in [0.5, 0.6) is 0 Å². The fourth-order valence-corrected chi connectivity index (χ4v) is 6.73. The van der Waals surface area contributed by atoms with Crippen molar-refractivity contribution >= 4 is 45.8 Å². The van der Waals surface area contributed by atoms with E-state index in [1.807, 2.05) is 13.8 Å². The quantitative estimate of drug-likeness (QED) is 0.113. The van der Waals surface area contributed by atoms with Gasteiger partial charge in [0, 0.05) is 17.5 Å². The van der Waals surface area contributed by atoms with Gasteiger partial charge in [0.25, 0.3) is 0 Å². The Balaban J connectivity index is 1.72. The number of alkyl halides is 6. The summed E-state index contributed by atoms with van der Waals surface area (Å²) in [6.07, 6.45) is -9.20. The zero-order valence-electron chi connectivity index (χ0n) is 28.1. The van der Waals surface area contributed by atoms with Gasteiger partial charge in [0.1, 0.15) is 11.6 Å². The van der Waals surface area contributed by atoms with E-state index in [-0.39, 0.29) is 46.6 Å². The smallest absolute Gasteiger partial charge is 0.392 e. The number of hydrogen-bond donors (Lipinski definition) is 5. The van der Waals surface area contributed by atoms with Crippen molar-refractivity contribution in [2.45, 2.75) is 96.2 Å². The van der Waals surface area contributed by atoms with E-state index in [9.17, 15) is 40.7 Å². The van der Waals surface area contributed by atoms with Crippen LogP contribution < -0.4 is 21.7 Å². The number of nitrogens with one attached hydrogen (secondary N) is 4. The summed E-state index contributed by atoms with van der Waals surface area (Å²) < 4.78 is 82.6. The van der Waals surface area contributed by atoms with Crippen LogP contribution >= 0.6 is 12.2 Å². The van der Waals surface area contributed by atoms with E-state index >= 15 is 0 Å². The summed E-state index contributed by atoms with van der Waals surface area (Å²) in [5.74, 6) is -3.00. The molecule has 272 valence electrons. The monoisotopic (exact) mass is 725 g/mol. The maximum atomic E-state index is 14.3. The fourth-order valence-electron chi connectivity index (χ4n) is 6.44. The third-order valence-electron chi connectivity index (χ3n) is 9.70. The molecule has 0 saturated heterocycles. The molecule has 3 aromatic rings. The number of benzene rings is 2. The summed E-state index contributed by atoms with van der Waals surface area (Å²) in [6.45, 7) is 7.14. The Hall–Kier alpha value is -4.14. The molecule has 0 spiro atoms. The topological polar surface area (TPSA) is 129 Å². The summed E-state index contributed by atoms with van der Waals surface area (Å²) in [5, 5.41) is 8.50. The molecule has 0 aliphatic heterocycles. The van der Waals surface area contributed by atoms with Gasteiger partial charge in [0.05, 0.1) is 34.1 Å². The van der Waals surface area contributed by atoms with E-state index in [1.54, 1.807) is 13.8 Å². The Labute approximate surface area is 291 Å². The maximum Gasteiger partial charge on any atom is 0.418 e. The lowest BCUT2D eigenvalue weighted by Crippen LogP contribution is -2.67. The van der Waals surface area contributed by atoms with Crippen molar-refractivity contribution in [2.24, 2.45) is 17.6 Å². The Morgan fingerprint density at radius 1 is 0.900 bits per heavy atom. The lowest BCUT2D eigenvalue weighted by atomic mass is 9.78. The van der Waals surface area contributed by atoms with E-state index in [2.05, 4.69) is 20.9 Å². The zero-order valence-corrected chi connectivity index (χ0v) is 28.9. The number of aryl methyl sites for hydroxylation is 1. The molecule has 4 rings (SSSR count). The number of aromatic nitrogens is 1. The van der Waals surface area contributed by atoms with Gasteiger partial charge >= 0.3 is 12.4 Å². The molecule has 0 radical (unpaired) electrons. The molecule has 0 bridgehead atoms. The molecule has 1 aliphatic rings. The van der Waals surface area contributed by atoms with Crippen molar-refractivity contribution in [1.29, 1.82) is 0 Å². The summed E-state index contributed by atoms with van der Waals surface area (Å²) in [4.78, 5) is 44.5. The minimum Gasteiger partial charge on any atom is -0.392 e. The van der Waals surface area contributed by atoms with Crippen molar-refractivity contribution < 1.29 is 40.7 Å². The van der Waals surface area contributed by atoms with E-state index < -0.39 is 71.2 Å². The predicted octanol–water partition coefficient (Wildman–Crippen LogP) is 6.14. The van der Waals surface area contributed by atoms with Gasteiger partial charge in [-0.1, -0.05) is 83.1 Å². The highest BCUT2D eigenvalue weighted by Crippen LogP contribution is 2.40. The van der Waals surface area contributed by atoms with Crippen LogP contribution in [0.4, 0.5) is 26.3 Å². The number of hydrogen-bond acceptors (Lipinski definition) is 4. The van der Waals surface area contributed by atoms with Crippen molar-refractivity contribution in [3.05, 3.63) is 70.4 Å². The molecule has 2 aromatic carbocycles. The molecule has 15 heteroatoms. The second-order valence-corrected chi connectivity index (χ2v) is 13.5. The SMILES string of the molecule is CCC(C)[C@H](NC(=O)Cc1ccccc1C(F)(F)F)C(=O)N[C@]1(C(=O)N[C@H](C(N)=S)C(C)CC)CCc2[nH]c3c(C(F)(F)F)cccc3c2C1. The Morgan fingerprint density at radius 3 is 2.10 bits per heavy atom. The summed E-state index contributed by atoms with van der Waals surface area (Å²) >= 11 is 5.24. The lowest BCUT2D eigenvalue weighted by molar-refractivity contribution is -0.139. The van der Waals surface area contributed by atoms with Crippen LogP contribution in [0.1, 0.15) is 74.9 Å². The molecule has 50 heavy (non-hydrogen) atoms. The van der Waals surface area contributed by atoms with Gasteiger partial charge in [-0.2, -0.15) is 26.3 Å². The first-order chi connectivity index (χ1) is 23.3. The van der Waals surface area contributed by atoms with Crippen LogP contribution in [0.15, 0.2) is 42.5 Å². The van der Waals surface area contributed by atoms with Crippen LogP contribution in [-0.4, -0.2) is 45.3 Å². The molecule has 1 heterocycles. The Morgan fingerprint density at radius 2 is 1.50 bits per heavy atom. The molecule has 1 aromatic heterocycles. The van der Waals surface area contributed by atoms with E-state index in [0.717, 1.165) is 12.1 Å². The highest BCUT2D eigenvalue weighted by atomic mass is 32.1. The van der Waals surface area contributed by atoms with Crippen molar-refractivity contribution in [3.63, 3.8) is 0 Å². The first kappa shape index (κ1) is 38.7. The zero-order chi connectivity index (χ0) is 37.2. The molecule has 3 amide bonds. The van der Waals surface area contributed by atoms with Crippen LogP contribution in [-0.2, 0) is 46.0 Å². The second kappa shape index (κ2) is 15.0. The van der Waals surface area contributed by atoms with Gasteiger partial charge in [0.15, 0.2) is 0 Å². The van der Waals surface area contributed by atoms with Crippen LogP contribution in [0, 0.1) is 11.8 Å². The number of carbonyl (C=O) groups is 3. The first-order valence-corrected chi connectivity index (χ1v) is 16.8. The number of para-hydroxylation sites is 1. The van der Waals surface area contributed by atoms with E-state index in [1.165, 1.54) is 30.3 Å². The van der Waals surface area contributed by atoms with Gasteiger partial charge in [-0.25, -0.2) is 0 Å². The minimum absolute atomic E-state index is 0.0106. The number of H-pyrrole nitrogens is 1. The maximum absolute atomic E-state index is 14.3. The molecule has 8 nitrogen and oxygen atoms in total. The highest BCUT2D eigenvalue weighted by molar-refractivity contribution is 7.80. The molecule has 0 fully saturated rings. The van der Waals surface area contributed by atoms with Crippen LogP contribution in [0.3, 0.4) is 0 Å². The Bertz CT molecular complexity index is 1760. The van der Waals surface area contributed by atoms with Gasteiger partial charge in [-0.15, -0.1) is 0 Å². The van der Waals surface area contributed by atoms with Gasteiger partial charge < -0.3 is 26.7 Å². The molecule has 5 atom stereocenters. The van der Waals surface area contributed by atoms with Gasteiger partial charge in [-0.05, 0) is 47.9 Å². The number of carbonyl (C=O) groups excluding carboxylic acids is 3. The highest BCUT2D eigenvalue weighted by Gasteiger charge is 2.47. The van der Waals surface area contributed by atoms with Gasteiger partial charge in [-0.3, -0.25) is 14.4 Å². The minimum atomic E-state index is -4.70. The largest absolute Gasteiger partial charge is 0.418 e. The van der Waals surface area contributed by atoms with Crippen LogP contribution in [0.25, 0.3) is 10.9 Å². The van der Waals surface area contributed by atoms with Crippen molar-refractivity contribution in [3.8, 4) is 0 Å². The summed E-state index contributed by atoms with van der Waals surface area (Å²) in [5.41, 5.74) is 2.90. The summed E-state index contributed by atoms with van der Waals surface area (Å²) in [7, 11) is 0. The third-order valence-corrected chi connectivity index (χ3v) is 9.96. The number of fused-ring (bicyclic) bond motifs is 3. The molecular weight excluding hydrogens is 684 g/mol. The van der Waals surface area contributed by atoms with E-state index in [0.29, 0.717) is 24.1 Å². The molecule has 0 saturated carbocycles. The number of thiocarbonyl (C=S) groups is 1. The number of amides is 3. The molecule has 6 N–H and O–H groups in total. The van der Waals surface area contributed by atoms with Crippen LogP contribution in [0.2, 0.25) is 0 Å². The second-order valence-electron chi connectivity index (χ2n) is 13.1. The third kappa shape index (κ3) is 8.24. The summed E-state index contributed by atoms with van der Waals surface area (Å²) in [6, 6.07) is 6.33. The Kier molecular flexibility index (Phi) is 11.6. The average molecular weight is 726 g/mol. The van der Waals surface area contributed by atoms with Crippen molar-refractivity contribution in [1.82, 2.24) is 20.9 Å². The predicted molar refractivity (Wildman–Crippen MR) is 181 cm³/mol. The standard InChI is InChI=1S/C35H41F6N5O3S/c1-5-18(3)27(30(42)50)45-32(49)33(15-14-25-22(17-33)21-11-9-13-24(29(21)43-25)35(39,40)41)46-31(48)28(19(4)6-2)44-26(47)16-20-10-7-8-12-23(20)34(36,37)38/h7-13,18-19,27-28,43H,5-6,14-17H2,1-4H3,(H2,42,50)(H,44,47)(H,45,49)(H,46,48)/t18?,19?,27-,28-,33+/m0/s1. The first-order valence-electron chi connectivity index (χ1n) is 16.4. The number of aromatic amines is 1. The fraction of sp³-hybridized carbons (Fsp3) is 0.486. The molecule has 2 unspecified atom stereocenters. The number of halogens is 6.